The maximum Gasteiger partial charge on any atom is 0.372 e. The molecule has 0 atom stereocenters. The zero-order valence-corrected chi connectivity index (χ0v) is 30.1. The van der Waals surface area contributed by atoms with Gasteiger partial charge >= 0.3 is 17.9 Å². The lowest BCUT2D eigenvalue weighted by atomic mass is 9.94. The smallest absolute Gasteiger partial charge is 0.372 e. The summed E-state index contributed by atoms with van der Waals surface area (Å²) in [5.41, 5.74) is 1.05. The third-order valence-electron chi connectivity index (χ3n) is 9.21. The Balaban J connectivity index is 1.09. The molecule has 6 rings (SSSR count). The van der Waals surface area contributed by atoms with E-state index in [2.05, 4.69) is 20.1 Å². The van der Waals surface area contributed by atoms with Crippen LogP contribution in [0.4, 0.5) is 16.0 Å². The molecule has 3 aromatic rings. The van der Waals surface area contributed by atoms with Gasteiger partial charge in [-0.2, -0.15) is 0 Å². The summed E-state index contributed by atoms with van der Waals surface area (Å²) in [4.78, 5) is 65.0. The molecule has 5 heterocycles. The van der Waals surface area contributed by atoms with Gasteiger partial charge in [0.05, 0.1) is 32.5 Å². The lowest BCUT2D eigenvalue weighted by Gasteiger charge is -2.41. The quantitative estimate of drug-likeness (QED) is 0.124. The Morgan fingerprint density at radius 3 is 2.28 bits per heavy atom. The van der Waals surface area contributed by atoms with Crippen LogP contribution in [0.2, 0.25) is 10.0 Å². The molecule has 0 unspecified atom stereocenters. The van der Waals surface area contributed by atoms with Gasteiger partial charge in [-0.1, -0.05) is 53.8 Å². The summed E-state index contributed by atoms with van der Waals surface area (Å²) in [7, 11) is 0. The number of aromatic nitrogens is 2. The number of carboxylic acid groups (broad SMARTS) is 2. The monoisotopic (exact) mass is 762 g/mol. The van der Waals surface area contributed by atoms with Crippen molar-refractivity contribution in [3.8, 4) is 10.6 Å². The lowest BCUT2D eigenvalue weighted by molar-refractivity contribution is -0.152. The molecule has 3 aromatic heterocycles. The molecule has 1 amide bonds. The average molecular weight is 764 g/mol. The maximum atomic E-state index is 13.4. The minimum atomic E-state index is -1.65. The second kappa shape index (κ2) is 16.1. The van der Waals surface area contributed by atoms with E-state index in [9.17, 15) is 19.2 Å². The van der Waals surface area contributed by atoms with Crippen LogP contribution in [-0.4, -0.2) is 94.2 Å². The van der Waals surface area contributed by atoms with Gasteiger partial charge in [0.1, 0.15) is 16.5 Å². The highest BCUT2D eigenvalue weighted by molar-refractivity contribution is 7.21. The second-order valence-electron chi connectivity index (χ2n) is 12.4. The van der Waals surface area contributed by atoms with Gasteiger partial charge in [0, 0.05) is 56.9 Å². The Morgan fingerprint density at radius 2 is 1.66 bits per heavy atom. The second-order valence-corrected chi connectivity index (χ2v) is 15.2. The number of nitrogens with one attached hydrogen (secondary N) is 1. The summed E-state index contributed by atoms with van der Waals surface area (Å²) < 4.78 is 4.84. The van der Waals surface area contributed by atoms with Crippen molar-refractivity contribution in [2.75, 3.05) is 54.4 Å². The Labute approximate surface area is 306 Å². The van der Waals surface area contributed by atoms with Crippen molar-refractivity contribution < 1.29 is 34.1 Å². The number of thiazole rings is 1. The largest absolute Gasteiger partial charge is 0.478 e. The molecule has 50 heavy (non-hydrogen) atoms. The number of hydrogen-bond acceptors (Lipinski definition) is 12. The number of thiophene rings is 1. The number of piperazine rings is 1. The Bertz CT molecular complexity index is 1780. The van der Waals surface area contributed by atoms with E-state index in [1.165, 1.54) is 67.0 Å². The fourth-order valence-electron chi connectivity index (χ4n) is 6.64. The molecule has 3 N–H and O–H groups in total. The highest BCUT2D eigenvalue weighted by atomic mass is 35.5. The van der Waals surface area contributed by atoms with Crippen LogP contribution in [0.5, 0.6) is 0 Å². The van der Waals surface area contributed by atoms with Gasteiger partial charge in [-0.05, 0) is 37.8 Å². The van der Waals surface area contributed by atoms with Crippen LogP contribution in [0.25, 0.3) is 10.6 Å². The Morgan fingerprint density at radius 1 is 0.940 bits per heavy atom. The molecule has 0 spiro atoms. The van der Waals surface area contributed by atoms with Crippen molar-refractivity contribution in [2.24, 2.45) is 5.92 Å². The number of esters is 1. The van der Waals surface area contributed by atoms with E-state index in [0.29, 0.717) is 54.0 Å². The summed E-state index contributed by atoms with van der Waals surface area (Å²) in [5, 5.41) is 25.1. The molecular formula is C33H36Cl2N6O7S2. The molecule has 17 heteroatoms. The van der Waals surface area contributed by atoms with Crippen LogP contribution < -0.4 is 15.1 Å². The number of anilines is 3. The van der Waals surface area contributed by atoms with Crippen molar-refractivity contribution in [3.63, 3.8) is 0 Å². The van der Waals surface area contributed by atoms with Gasteiger partial charge < -0.3 is 24.7 Å². The molecule has 3 aliphatic rings. The molecule has 2 aliphatic heterocycles. The van der Waals surface area contributed by atoms with Gasteiger partial charge in [0.25, 0.3) is 5.91 Å². The minimum Gasteiger partial charge on any atom is -0.478 e. The Kier molecular flexibility index (Phi) is 11.6. The first-order valence-electron chi connectivity index (χ1n) is 16.4. The summed E-state index contributed by atoms with van der Waals surface area (Å²) in [5.74, 6) is -5.55. The first kappa shape index (κ1) is 36.0. The normalized spacial score (nSPS) is 18.2. The van der Waals surface area contributed by atoms with E-state index in [-0.39, 0.29) is 10.6 Å². The van der Waals surface area contributed by atoms with Crippen molar-refractivity contribution in [2.45, 2.75) is 51.0 Å². The number of nitrogens with zero attached hydrogens (tertiary/aromatic N) is 5. The number of amides is 1. The zero-order valence-electron chi connectivity index (χ0n) is 27.0. The number of rotatable bonds is 10. The van der Waals surface area contributed by atoms with Gasteiger partial charge in [0.15, 0.2) is 5.13 Å². The third kappa shape index (κ3) is 8.57. The molecule has 0 radical (unpaired) electrons. The first-order valence-corrected chi connectivity index (χ1v) is 18.9. The predicted molar refractivity (Wildman–Crippen MR) is 193 cm³/mol. The lowest BCUT2D eigenvalue weighted by Crippen LogP contribution is -2.50. The van der Waals surface area contributed by atoms with E-state index < -0.39 is 35.5 Å². The predicted octanol–water partition coefficient (Wildman–Crippen LogP) is 6.09. The highest BCUT2D eigenvalue weighted by Crippen LogP contribution is 2.42. The van der Waals surface area contributed by atoms with Crippen LogP contribution in [0.3, 0.4) is 0 Å². The van der Waals surface area contributed by atoms with Crippen LogP contribution in [0, 0.1) is 5.92 Å². The van der Waals surface area contributed by atoms with Crippen molar-refractivity contribution in [3.05, 3.63) is 51.2 Å². The molecular weight excluding hydrogens is 727 g/mol. The fourth-order valence-corrected chi connectivity index (χ4v) is 9.08. The van der Waals surface area contributed by atoms with E-state index in [0.717, 1.165) is 41.8 Å². The van der Waals surface area contributed by atoms with Crippen LogP contribution in [-0.2, 0) is 19.1 Å². The summed E-state index contributed by atoms with van der Waals surface area (Å²) in [6, 6.07) is 4.10. The molecule has 266 valence electrons. The van der Waals surface area contributed by atoms with Crippen LogP contribution >= 0.6 is 45.9 Å². The summed E-state index contributed by atoms with van der Waals surface area (Å²) in [6.45, 7) is 4.45. The molecule has 13 nitrogen and oxygen atoms in total. The number of carbonyl (C=O) groups is 4. The van der Waals surface area contributed by atoms with Gasteiger partial charge in [-0.15, -0.1) is 11.3 Å². The van der Waals surface area contributed by atoms with Crippen LogP contribution in [0.15, 0.2) is 35.5 Å². The third-order valence-corrected chi connectivity index (χ3v) is 11.8. The first-order chi connectivity index (χ1) is 24.0. The van der Waals surface area contributed by atoms with Crippen molar-refractivity contribution in [1.29, 1.82) is 0 Å². The minimum absolute atomic E-state index is 0.251. The van der Waals surface area contributed by atoms with Gasteiger partial charge in [-0.25, -0.2) is 19.6 Å². The molecule has 1 saturated carbocycles. The number of piperidine rings is 1. The number of pyridine rings is 1. The Hall–Kier alpha value is -3.76. The van der Waals surface area contributed by atoms with Crippen LogP contribution in [0.1, 0.15) is 55.3 Å². The molecule has 0 bridgehead atoms. The molecule has 3 fully saturated rings. The number of carbonyl (C=O) groups excluding carboxylic acids is 2. The van der Waals surface area contributed by atoms with Crippen molar-refractivity contribution in [1.82, 2.24) is 14.9 Å². The number of hydrogen-bond donors (Lipinski definition) is 3. The zero-order chi connectivity index (χ0) is 35.4. The SMILES string of the molecule is O=C(O)/C=C(/OC(=O)C1CCN(c2ncc(C(=O)Nc3nc(-c4cc(Cl)cs4)c(N4CCN(C5CCCCC5)CC4)s3)cc2Cl)CC1)C(=O)O. The number of halogens is 2. The van der Waals surface area contributed by atoms with E-state index in [1.54, 1.807) is 0 Å². The maximum absolute atomic E-state index is 13.4. The van der Waals surface area contributed by atoms with E-state index >= 15 is 0 Å². The molecule has 1 aliphatic carbocycles. The summed E-state index contributed by atoms with van der Waals surface area (Å²) in [6.07, 6.45) is 8.88. The highest BCUT2D eigenvalue weighted by Gasteiger charge is 2.31. The van der Waals surface area contributed by atoms with E-state index in [4.69, 9.17) is 43.1 Å². The van der Waals surface area contributed by atoms with E-state index in [1.807, 2.05) is 16.3 Å². The number of aliphatic carboxylic acids is 2. The van der Waals surface area contributed by atoms with Gasteiger partial charge in [0.2, 0.25) is 5.76 Å². The topological polar surface area (TPSA) is 166 Å². The fraction of sp³-hybridized carbons (Fsp3) is 0.455. The summed E-state index contributed by atoms with van der Waals surface area (Å²) >= 11 is 15.8. The average Bonchev–Trinajstić information content (AvgIpc) is 3.74. The molecule has 2 saturated heterocycles. The standard InChI is InChI=1S/C33H36Cl2N6O7S2/c34-21-15-25(49-18-21)27-30(41-12-10-39(11-13-41)22-4-2-1-3-5-22)50-33(37-27)38-29(44)20-14-23(35)28(36-17-20)40-8-6-19(7-9-40)32(47)48-24(31(45)46)16-26(42)43/h14-19,22H,1-13H2,(H,42,43)(H,45,46)(H,37,38,44)/b24-16+. The molecule has 0 aromatic carbocycles. The number of ether oxygens (including phenoxy) is 1. The number of carboxylic acids is 2. The van der Waals surface area contributed by atoms with Crippen molar-refractivity contribution >= 4 is 85.6 Å². The van der Waals surface area contributed by atoms with Gasteiger partial charge in [-0.3, -0.25) is 19.8 Å².